The summed E-state index contributed by atoms with van der Waals surface area (Å²) in [6, 6.07) is 25.2. The minimum Gasteiger partial charge on any atom is -0.491 e. The van der Waals surface area contributed by atoms with E-state index in [-0.39, 0.29) is 6.10 Å². The average molecular weight is 349 g/mol. The Morgan fingerprint density at radius 3 is 2.35 bits per heavy atom. The Labute approximate surface area is 156 Å². The van der Waals surface area contributed by atoms with Crippen molar-refractivity contribution in [2.45, 2.75) is 32.6 Å². The van der Waals surface area contributed by atoms with Crippen molar-refractivity contribution in [2.24, 2.45) is 0 Å². The molecule has 0 saturated heterocycles. The zero-order chi connectivity index (χ0) is 18.2. The molecule has 1 unspecified atom stereocenters. The summed E-state index contributed by atoms with van der Waals surface area (Å²) in [6.45, 7) is 6.15. The van der Waals surface area contributed by atoms with Crippen LogP contribution in [0.1, 0.15) is 19.4 Å². The molecule has 0 spiro atoms. The lowest BCUT2D eigenvalue weighted by Crippen LogP contribution is -2.37. The van der Waals surface area contributed by atoms with Gasteiger partial charge in [0.05, 0.1) is 6.61 Å². The molecular weight excluding hydrogens is 322 g/mol. The summed E-state index contributed by atoms with van der Waals surface area (Å²) in [7, 11) is 0. The highest BCUT2D eigenvalue weighted by Gasteiger charge is 2.12. The van der Waals surface area contributed by atoms with E-state index >= 15 is 0 Å². The van der Waals surface area contributed by atoms with Crippen molar-refractivity contribution < 1.29 is 9.47 Å². The van der Waals surface area contributed by atoms with E-state index in [2.05, 4.69) is 55.6 Å². The SMILES string of the molecule is CC(C)NCC(COc1ccc2ccccc2c1)OCc1ccccc1. The minimum absolute atomic E-state index is 0.0101. The minimum atomic E-state index is -0.0101. The molecule has 3 aromatic carbocycles. The largest absolute Gasteiger partial charge is 0.491 e. The maximum Gasteiger partial charge on any atom is 0.120 e. The number of fused-ring (bicyclic) bond motifs is 1. The molecule has 0 aliphatic heterocycles. The molecule has 26 heavy (non-hydrogen) atoms. The van der Waals surface area contributed by atoms with Gasteiger partial charge in [-0.15, -0.1) is 0 Å². The summed E-state index contributed by atoms with van der Waals surface area (Å²) in [5.74, 6) is 0.876. The van der Waals surface area contributed by atoms with Crippen molar-refractivity contribution in [3.05, 3.63) is 78.4 Å². The standard InChI is InChI=1S/C23H27NO2/c1-18(2)24-15-23(25-16-19-8-4-3-5-9-19)17-26-22-13-12-20-10-6-7-11-21(20)14-22/h3-14,18,23-24H,15-17H2,1-2H3. The first kappa shape index (κ1) is 18.4. The number of rotatable bonds is 9. The van der Waals surface area contributed by atoms with Gasteiger partial charge in [-0.05, 0) is 28.5 Å². The van der Waals surface area contributed by atoms with Gasteiger partial charge in [-0.3, -0.25) is 0 Å². The van der Waals surface area contributed by atoms with Gasteiger partial charge in [-0.1, -0.05) is 74.5 Å². The average Bonchev–Trinajstić information content (AvgIpc) is 2.68. The number of benzene rings is 3. The highest BCUT2D eigenvalue weighted by Crippen LogP contribution is 2.20. The third kappa shape index (κ3) is 5.58. The molecule has 0 aromatic heterocycles. The molecule has 0 radical (unpaired) electrons. The second-order valence-electron chi connectivity index (χ2n) is 6.80. The summed E-state index contributed by atoms with van der Waals surface area (Å²) < 4.78 is 12.1. The highest BCUT2D eigenvalue weighted by atomic mass is 16.5. The number of hydrogen-bond donors (Lipinski definition) is 1. The molecule has 1 atom stereocenters. The molecule has 0 aliphatic carbocycles. The van der Waals surface area contributed by atoms with Gasteiger partial charge < -0.3 is 14.8 Å². The Bertz CT molecular complexity index is 801. The van der Waals surface area contributed by atoms with Gasteiger partial charge in [-0.25, -0.2) is 0 Å². The number of nitrogens with one attached hydrogen (secondary N) is 1. The molecule has 3 rings (SSSR count). The van der Waals surface area contributed by atoms with E-state index < -0.39 is 0 Å². The topological polar surface area (TPSA) is 30.5 Å². The smallest absolute Gasteiger partial charge is 0.120 e. The van der Waals surface area contributed by atoms with Crippen LogP contribution in [0.25, 0.3) is 10.8 Å². The van der Waals surface area contributed by atoms with Crippen molar-refractivity contribution in [2.75, 3.05) is 13.2 Å². The van der Waals surface area contributed by atoms with Crippen molar-refractivity contribution in [1.82, 2.24) is 5.32 Å². The van der Waals surface area contributed by atoms with E-state index in [0.717, 1.165) is 12.3 Å². The Balaban J connectivity index is 1.60. The molecule has 3 nitrogen and oxygen atoms in total. The zero-order valence-electron chi connectivity index (χ0n) is 15.5. The fourth-order valence-corrected chi connectivity index (χ4v) is 2.77. The first-order valence-electron chi connectivity index (χ1n) is 9.21. The molecule has 136 valence electrons. The van der Waals surface area contributed by atoms with Crippen molar-refractivity contribution in [3.63, 3.8) is 0 Å². The van der Waals surface area contributed by atoms with E-state index in [0.29, 0.717) is 19.3 Å². The van der Waals surface area contributed by atoms with Gasteiger partial charge in [0, 0.05) is 12.6 Å². The van der Waals surface area contributed by atoms with Crippen molar-refractivity contribution in [1.29, 1.82) is 0 Å². The van der Waals surface area contributed by atoms with E-state index in [1.165, 1.54) is 16.3 Å². The molecule has 0 fully saturated rings. The van der Waals surface area contributed by atoms with Gasteiger partial charge in [0.1, 0.15) is 18.5 Å². The highest BCUT2D eigenvalue weighted by molar-refractivity contribution is 5.83. The van der Waals surface area contributed by atoms with Crippen LogP contribution in [0.15, 0.2) is 72.8 Å². The Kier molecular flexibility index (Phi) is 6.64. The van der Waals surface area contributed by atoms with Crippen molar-refractivity contribution in [3.8, 4) is 5.75 Å². The van der Waals surface area contributed by atoms with E-state index in [1.54, 1.807) is 0 Å². The normalized spacial score (nSPS) is 12.4. The molecule has 0 amide bonds. The van der Waals surface area contributed by atoms with Crippen LogP contribution in [0.5, 0.6) is 5.75 Å². The molecular formula is C23H27NO2. The monoisotopic (exact) mass is 349 g/mol. The van der Waals surface area contributed by atoms with E-state index in [4.69, 9.17) is 9.47 Å². The fourth-order valence-electron chi connectivity index (χ4n) is 2.77. The Morgan fingerprint density at radius 1 is 0.846 bits per heavy atom. The van der Waals surface area contributed by atoms with Gasteiger partial charge in [-0.2, -0.15) is 0 Å². The zero-order valence-corrected chi connectivity index (χ0v) is 15.5. The second-order valence-corrected chi connectivity index (χ2v) is 6.80. The van der Waals surface area contributed by atoms with E-state index in [1.807, 2.05) is 36.4 Å². The van der Waals surface area contributed by atoms with Crippen LogP contribution in [-0.2, 0) is 11.3 Å². The van der Waals surface area contributed by atoms with Gasteiger partial charge in [0.15, 0.2) is 0 Å². The number of ether oxygens (including phenoxy) is 2. The van der Waals surface area contributed by atoms with Gasteiger partial charge in [0.25, 0.3) is 0 Å². The quantitative estimate of drug-likeness (QED) is 0.602. The van der Waals surface area contributed by atoms with Crippen LogP contribution >= 0.6 is 0 Å². The molecule has 0 saturated carbocycles. The maximum atomic E-state index is 6.10. The lowest BCUT2D eigenvalue weighted by Gasteiger charge is -2.21. The summed E-state index contributed by atoms with van der Waals surface area (Å²) >= 11 is 0. The summed E-state index contributed by atoms with van der Waals surface area (Å²) in [5, 5.41) is 5.85. The maximum absolute atomic E-state index is 6.10. The summed E-state index contributed by atoms with van der Waals surface area (Å²) in [4.78, 5) is 0. The Hall–Kier alpha value is -2.36. The predicted octanol–water partition coefficient (Wildman–Crippen LogP) is 4.80. The predicted molar refractivity (Wildman–Crippen MR) is 108 cm³/mol. The molecule has 3 aromatic rings. The summed E-state index contributed by atoms with van der Waals surface area (Å²) in [5.41, 5.74) is 1.17. The third-order valence-electron chi connectivity index (χ3n) is 4.24. The van der Waals surface area contributed by atoms with Crippen LogP contribution in [0.4, 0.5) is 0 Å². The lowest BCUT2D eigenvalue weighted by atomic mass is 10.1. The van der Waals surface area contributed by atoms with Gasteiger partial charge >= 0.3 is 0 Å². The first-order valence-corrected chi connectivity index (χ1v) is 9.21. The van der Waals surface area contributed by atoms with Gasteiger partial charge in [0.2, 0.25) is 0 Å². The van der Waals surface area contributed by atoms with Crippen molar-refractivity contribution >= 4 is 10.8 Å². The van der Waals surface area contributed by atoms with Crippen LogP contribution in [0.2, 0.25) is 0 Å². The van der Waals surface area contributed by atoms with Crippen LogP contribution < -0.4 is 10.1 Å². The molecule has 0 aliphatic rings. The summed E-state index contributed by atoms with van der Waals surface area (Å²) in [6.07, 6.45) is -0.0101. The third-order valence-corrected chi connectivity index (χ3v) is 4.24. The van der Waals surface area contributed by atoms with Crippen LogP contribution in [0, 0.1) is 0 Å². The van der Waals surface area contributed by atoms with Crippen LogP contribution in [0.3, 0.4) is 0 Å². The molecule has 1 N–H and O–H groups in total. The van der Waals surface area contributed by atoms with E-state index in [9.17, 15) is 0 Å². The molecule has 0 bridgehead atoms. The second kappa shape index (κ2) is 9.37. The molecule has 3 heteroatoms. The number of hydrogen-bond acceptors (Lipinski definition) is 3. The fraction of sp³-hybridized carbons (Fsp3) is 0.304. The Morgan fingerprint density at radius 2 is 1.58 bits per heavy atom. The van der Waals surface area contributed by atoms with Crippen LogP contribution in [-0.4, -0.2) is 25.3 Å². The molecule has 0 heterocycles. The lowest BCUT2D eigenvalue weighted by molar-refractivity contribution is 0.00926. The first-order chi connectivity index (χ1) is 12.7.